The molecule has 3 rings (SSSR count). The Hall–Kier alpha value is -0.940. The van der Waals surface area contributed by atoms with Crippen molar-refractivity contribution in [3.63, 3.8) is 0 Å². The number of rotatable bonds is 3. The van der Waals surface area contributed by atoms with Crippen LogP contribution in [0.2, 0.25) is 0 Å². The molecular formula is C14H23N3O2. The summed E-state index contributed by atoms with van der Waals surface area (Å²) in [5.74, 6) is 2.42. The number of nitrogens with two attached hydrogens (primary N) is 1. The van der Waals surface area contributed by atoms with Crippen molar-refractivity contribution >= 4 is 0 Å². The van der Waals surface area contributed by atoms with Gasteiger partial charge in [0.05, 0.1) is 6.10 Å². The van der Waals surface area contributed by atoms with Crippen LogP contribution in [0.3, 0.4) is 0 Å². The van der Waals surface area contributed by atoms with E-state index < -0.39 is 0 Å². The molecule has 5 nitrogen and oxygen atoms in total. The molecule has 2 aliphatic carbocycles. The van der Waals surface area contributed by atoms with E-state index in [2.05, 4.69) is 10.1 Å². The average molecular weight is 265 g/mol. The number of hydrogen-bond acceptors (Lipinski definition) is 5. The summed E-state index contributed by atoms with van der Waals surface area (Å²) < 4.78 is 5.43. The molecule has 0 aromatic carbocycles. The maximum atomic E-state index is 9.91. The quantitative estimate of drug-likeness (QED) is 0.872. The second-order valence-electron chi connectivity index (χ2n) is 6.06. The van der Waals surface area contributed by atoms with E-state index in [1.54, 1.807) is 0 Å². The van der Waals surface area contributed by atoms with Crippen LogP contribution in [-0.4, -0.2) is 27.9 Å². The number of hydrogen-bond donors (Lipinski definition) is 2. The van der Waals surface area contributed by atoms with Crippen LogP contribution in [0.5, 0.6) is 0 Å². The first-order chi connectivity index (χ1) is 9.28. The van der Waals surface area contributed by atoms with Gasteiger partial charge in [-0.1, -0.05) is 24.4 Å². The molecule has 3 N–H and O–H groups in total. The van der Waals surface area contributed by atoms with Crippen LogP contribution in [0.25, 0.3) is 0 Å². The first kappa shape index (κ1) is 13.1. The van der Waals surface area contributed by atoms with E-state index >= 15 is 0 Å². The molecule has 0 saturated heterocycles. The van der Waals surface area contributed by atoms with Crippen molar-refractivity contribution in [1.82, 2.24) is 10.1 Å². The molecule has 0 unspecified atom stereocenters. The molecule has 2 aliphatic rings. The summed E-state index contributed by atoms with van der Waals surface area (Å²) >= 11 is 0. The molecule has 0 aliphatic heterocycles. The fourth-order valence-electron chi connectivity index (χ4n) is 3.50. The van der Waals surface area contributed by atoms with Crippen molar-refractivity contribution < 1.29 is 9.63 Å². The van der Waals surface area contributed by atoms with Gasteiger partial charge in [-0.05, 0) is 38.1 Å². The van der Waals surface area contributed by atoms with Gasteiger partial charge in [0.25, 0.3) is 0 Å². The van der Waals surface area contributed by atoms with E-state index in [9.17, 15) is 5.11 Å². The minimum atomic E-state index is -0.319. The Balaban J connectivity index is 1.68. The second-order valence-corrected chi connectivity index (χ2v) is 6.06. The van der Waals surface area contributed by atoms with Crippen LogP contribution in [0.15, 0.2) is 4.52 Å². The Morgan fingerprint density at radius 3 is 2.63 bits per heavy atom. The van der Waals surface area contributed by atoms with Gasteiger partial charge in [0.1, 0.15) is 0 Å². The van der Waals surface area contributed by atoms with Crippen molar-refractivity contribution in [2.75, 3.05) is 6.54 Å². The van der Waals surface area contributed by atoms with Gasteiger partial charge in [0, 0.05) is 11.8 Å². The van der Waals surface area contributed by atoms with Gasteiger partial charge in [0.2, 0.25) is 5.89 Å². The minimum absolute atomic E-state index is 0.176. The molecule has 2 fully saturated rings. The van der Waals surface area contributed by atoms with Crippen molar-refractivity contribution in [3.05, 3.63) is 11.7 Å². The predicted octanol–water partition coefficient (Wildman–Crippen LogP) is 1.93. The zero-order chi connectivity index (χ0) is 13.2. The fourth-order valence-corrected chi connectivity index (χ4v) is 3.50. The van der Waals surface area contributed by atoms with Crippen molar-refractivity contribution in [1.29, 1.82) is 0 Å². The zero-order valence-electron chi connectivity index (χ0n) is 11.3. The Morgan fingerprint density at radius 2 is 1.95 bits per heavy atom. The van der Waals surface area contributed by atoms with E-state index in [1.165, 1.54) is 32.1 Å². The Kier molecular flexibility index (Phi) is 3.84. The zero-order valence-corrected chi connectivity index (χ0v) is 11.3. The number of aliphatic hydroxyl groups excluding tert-OH is 1. The SMILES string of the molecule is NC[C@@H]1C[C@@H](c2nc(C3CCCCC3)no2)C[C@@H]1O. The van der Waals surface area contributed by atoms with Gasteiger partial charge < -0.3 is 15.4 Å². The molecule has 19 heavy (non-hydrogen) atoms. The molecule has 0 bridgehead atoms. The average Bonchev–Trinajstić information content (AvgIpc) is 3.06. The Labute approximate surface area is 113 Å². The largest absolute Gasteiger partial charge is 0.393 e. The second kappa shape index (κ2) is 5.59. The minimum Gasteiger partial charge on any atom is -0.393 e. The third-order valence-corrected chi connectivity index (χ3v) is 4.74. The van der Waals surface area contributed by atoms with Crippen LogP contribution >= 0.6 is 0 Å². The lowest BCUT2D eigenvalue weighted by Crippen LogP contribution is -2.21. The van der Waals surface area contributed by atoms with Crippen LogP contribution in [0, 0.1) is 5.92 Å². The van der Waals surface area contributed by atoms with E-state index in [-0.39, 0.29) is 17.9 Å². The molecule has 2 saturated carbocycles. The highest BCUT2D eigenvalue weighted by molar-refractivity contribution is 5.04. The molecule has 1 heterocycles. The molecule has 0 amide bonds. The topological polar surface area (TPSA) is 85.2 Å². The van der Waals surface area contributed by atoms with Crippen LogP contribution < -0.4 is 5.73 Å². The summed E-state index contributed by atoms with van der Waals surface area (Å²) in [5.41, 5.74) is 5.66. The number of aliphatic hydroxyl groups is 1. The van der Waals surface area contributed by atoms with Crippen molar-refractivity contribution in [2.24, 2.45) is 11.7 Å². The van der Waals surface area contributed by atoms with Gasteiger partial charge in [0.15, 0.2) is 5.82 Å². The van der Waals surface area contributed by atoms with Gasteiger partial charge in [-0.2, -0.15) is 4.98 Å². The van der Waals surface area contributed by atoms with E-state index in [1.807, 2.05) is 0 Å². The lowest BCUT2D eigenvalue weighted by atomic mass is 9.89. The molecule has 0 radical (unpaired) electrons. The lowest BCUT2D eigenvalue weighted by molar-refractivity contribution is 0.135. The highest BCUT2D eigenvalue weighted by Crippen LogP contribution is 2.38. The van der Waals surface area contributed by atoms with Crippen molar-refractivity contribution in [3.8, 4) is 0 Å². The summed E-state index contributed by atoms with van der Waals surface area (Å²) in [6.45, 7) is 0.529. The highest BCUT2D eigenvalue weighted by atomic mass is 16.5. The maximum absolute atomic E-state index is 9.91. The number of aromatic nitrogens is 2. The van der Waals surface area contributed by atoms with Gasteiger partial charge >= 0.3 is 0 Å². The van der Waals surface area contributed by atoms with E-state index in [0.29, 0.717) is 24.8 Å². The van der Waals surface area contributed by atoms with Crippen LogP contribution in [0.4, 0.5) is 0 Å². The predicted molar refractivity (Wildman–Crippen MR) is 70.7 cm³/mol. The summed E-state index contributed by atoms with van der Waals surface area (Å²) in [6, 6.07) is 0. The van der Waals surface area contributed by atoms with E-state index in [0.717, 1.165) is 12.2 Å². The van der Waals surface area contributed by atoms with E-state index in [4.69, 9.17) is 10.3 Å². The Bertz CT molecular complexity index is 415. The van der Waals surface area contributed by atoms with Crippen LogP contribution in [0.1, 0.15) is 68.5 Å². The molecule has 0 spiro atoms. The molecule has 5 heteroatoms. The highest BCUT2D eigenvalue weighted by Gasteiger charge is 2.36. The summed E-state index contributed by atoms with van der Waals surface area (Å²) in [5, 5.41) is 14.1. The maximum Gasteiger partial charge on any atom is 0.229 e. The fraction of sp³-hybridized carbons (Fsp3) is 0.857. The van der Waals surface area contributed by atoms with Gasteiger partial charge in [-0.25, -0.2) is 0 Å². The third kappa shape index (κ3) is 2.67. The normalized spacial score (nSPS) is 32.8. The monoisotopic (exact) mass is 265 g/mol. The number of nitrogens with zero attached hydrogens (tertiary/aromatic N) is 2. The molecule has 1 aromatic rings. The summed E-state index contributed by atoms with van der Waals surface area (Å²) in [6.07, 6.45) is 7.47. The lowest BCUT2D eigenvalue weighted by Gasteiger charge is -2.17. The molecule has 1 aromatic heterocycles. The van der Waals surface area contributed by atoms with Gasteiger partial charge in [-0.3, -0.25) is 0 Å². The van der Waals surface area contributed by atoms with Gasteiger partial charge in [-0.15, -0.1) is 0 Å². The molecular weight excluding hydrogens is 242 g/mol. The molecule has 3 atom stereocenters. The molecule has 106 valence electrons. The first-order valence-corrected chi connectivity index (χ1v) is 7.49. The third-order valence-electron chi connectivity index (χ3n) is 4.74. The Morgan fingerprint density at radius 1 is 1.16 bits per heavy atom. The first-order valence-electron chi connectivity index (χ1n) is 7.49. The smallest absolute Gasteiger partial charge is 0.229 e. The summed E-state index contributed by atoms with van der Waals surface area (Å²) in [7, 11) is 0. The standard InChI is InChI=1S/C14H23N3O2/c15-8-11-6-10(7-12(11)18)14-16-13(17-19-14)9-4-2-1-3-5-9/h9-12,18H,1-8,15H2/t10-,11+,12+/m1/s1. The van der Waals surface area contributed by atoms with Crippen LogP contribution in [-0.2, 0) is 0 Å². The summed E-state index contributed by atoms with van der Waals surface area (Å²) in [4.78, 5) is 4.59. The van der Waals surface area contributed by atoms with Crippen molar-refractivity contribution in [2.45, 2.75) is 62.9 Å².